The molecule has 2 aliphatic rings. The number of nitrogens with zero attached hydrogens (tertiary/aromatic N) is 3. The number of carbonyl (C=O) groups excluding carboxylic acids is 2. The van der Waals surface area contributed by atoms with Crippen molar-refractivity contribution in [2.75, 3.05) is 27.2 Å². The first kappa shape index (κ1) is 18.6. The summed E-state index contributed by atoms with van der Waals surface area (Å²) in [7, 11) is 3.64. The monoisotopic (exact) mass is 360 g/mol. The minimum atomic E-state index is -0.00550. The van der Waals surface area contributed by atoms with Crippen molar-refractivity contribution < 1.29 is 14.3 Å². The van der Waals surface area contributed by atoms with Crippen LogP contribution >= 0.6 is 0 Å². The Hall–Kier alpha value is -2.15. The summed E-state index contributed by atoms with van der Waals surface area (Å²) in [5.41, 5.74) is 2.10. The van der Waals surface area contributed by atoms with Gasteiger partial charge in [-0.2, -0.15) is 0 Å². The van der Waals surface area contributed by atoms with Crippen LogP contribution < -0.4 is 10.1 Å². The molecule has 1 atom stereocenters. The molecular weight excluding hydrogens is 332 g/mol. The van der Waals surface area contributed by atoms with Crippen LogP contribution in [0.4, 0.5) is 0 Å². The van der Waals surface area contributed by atoms with Crippen LogP contribution in [0.3, 0.4) is 0 Å². The van der Waals surface area contributed by atoms with Gasteiger partial charge in [0.25, 0.3) is 5.91 Å². The molecule has 2 aliphatic heterocycles. The summed E-state index contributed by atoms with van der Waals surface area (Å²) in [4.78, 5) is 33.2. The van der Waals surface area contributed by atoms with E-state index < -0.39 is 0 Å². The lowest BCUT2D eigenvalue weighted by molar-refractivity contribution is -0.122. The first-order valence-corrected chi connectivity index (χ1v) is 9.36. The number of hydrogen-bond donors (Lipinski definition) is 1. The summed E-state index contributed by atoms with van der Waals surface area (Å²) in [6, 6.07) is 2.12. The van der Waals surface area contributed by atoms with Crippen molar-refractivity contribution in [2.24, 2.45) is 0 Å². The smallest absolute Gasteiger partial charge is 0.256 e. The predicted octanol–water partition coefficient (Wildman–Crippen LogP) is 1.56. The Kier molecular flexibility index (Phi) is 5.76. The van der Waals surface area contributed by atoms with Crippen molar-refractivity contribution in [3.05, 3.63) is 22.9 Å². The van der Waals surface area contributed by atoms with Gasteiger partial charge in [0, 0.05) is 31.1 Å². The summed E-state index contributed by atoms with van der Waals surface area (Å²) in [5.74, 6) is 0.492. The molecule has 0 radical (unpaired) electrons. The molecule has 1 aromatic rings. The third-order valence-electron chi connectivity index (χ3n) is 5.39. The summed E-state index contributed by atoms with van der Waals surface area (Å²) in [5, 5.41) is 2.96. The third kappa shape index (κ3) is 3.82. The molecule has 7 heteroatoms. The number of piperidine rings is 1. The fourth-order valence-corrected chi connectivity index (χ4v) is 3.74. The van der Waals surface area contributed by atoms with Crippen molar-refractivity contribution in [3.63, 3.8) is 0 Å². The van der Waals surface area contributed by atoms with Crippen LogP contribution in [0.15, 0.2) is 6.07 Å². The van der Waals surface area contributed by atoms with Gasteiger partial charge in [-0.05, 0) is 39.4 Å². The molecule has 3 heterocycles. The lowest BCUT2D eigenvalue weighted by Crippen LogP contribution is -2.40. The number of nitrogens with one attached hydrogen (secondary N) is 1. The fourth-order valence-electron chi connectivity index (χ4n) is 3.74. The maximum atomic E-state index is 12.4. The molecule has 1 saturated heterocycles. The van der Waals surface area contributed by atoms with Crippen LogP contribution in [0.2, 0.25) is 0 Å². The highest BCUT2D eigenvalue weighted by molar-refractivity contribution is 5.98. The van der Waals surface area contributed by atoms with Crippen molar-refractivity contribution in [1.29, 1.82) is 0 Å². The van der Waals surface area contributed by atoms with Crippen molar-refractivity contribution in [3.8, 4) is 5.88 Å². The number of rotatable bonds is 6. The maximum Gasteiger partial charge on any atom is 0.256 e. The number of ether oxygens (including phenoxy) is 1. The summed E-state index contributed by atoms with van der Waals surface area (Å²) in [6.45, 7) is 4.49. The van der Waals surface area contributed by atoms with E-state index in [9.17, 15) is 9.59 Å². The lowest BCUT2D eigenvalue weighted by atomic mass is 10.00. The molecule has 7 nitrogen and oxygen atoms in total. The minimum absolute atomic E-state index is 0.00550. The summed E-state index contributed by atoms with van der Waals surface area (Å²) < 4.78 is 5.37. The molecule has 0 bridgehead atoms. The minimum Gasteiger partial charge on any atom is -0.481 e. The number of pyridine rings is 1. The van der Waals surface area contributed by atoms with Gasteiger partial charge in [0.1, 0.15) is 0 Å². The van der Waals surface area contributed by atoms with Gasteiger partial charge in [0.2, 0.25) is 11.8 Å². The Morgan fingerprint density at radius 1 is 1.42 bits per heavy atom. The van der Waals surface area contributed by atoms with E-state index in [-0.39, 0.29) is 11.8 Å². The van der Waals surface area contributed by atoms with Gasteiger partial charge in [-0.15, -0.1) is 0 Å². The zero-order chi connectivity index (χ0) is 18.7. The molecule has 1 N–H and O–H groups in total. The van der Waals surface area contributed by atoms with Crippen molar-refractivity contribution >= 4 is 11.8 Å². The molecule has 0 spiro atoms. The van der Waals surface area contributed by atoms with Gasteiger partial charge < -0.3 is 19.9 Å². The molecule has 0 saturated carbocycles. The second-order valence-corrected chi connectivity index (χ2v) is 7.08. The average Bonchev–Trinajstić information content (AvgIpc) is 2.96. The highest BCUT2D eigenvalue weighted by atomic mass is 16.5. The Morgan fingerprint density at radius 2 is 2.23 bits per heavy atom. The number of methoxy groups -OCH3 is 1. The van der Waals surface area contributed by atoms with Crippen LogP contribution in [0.25, 0.3) is 0 Å². The zero-order valence-electron chi connectivity index (χ0n) is 15.9. The van der Waals surface area contributed by atoms with Crippen molar-refractivity contribution in [2.45, 2.75) is 51.7 Å². The van der Waals surface area contributed by atoms with Crippen LogP contribution in [-0.4, -0.2) is 59.9 Å². The second-order valence-electron chi connectivity index (χ2n) is 7.08. The topological polar surface area (TPSA) is 74.8 Å². The highest BCUT2D eigenvalue weighted by Gasteiger charge is 2.29. The highest BCUT2D eigenvalue weighted by Crippen LogP contribution is 2.27. The molecule has 0 unspecified atom stereocenters. The van der Waals surface area contributed by atoms with Gasteiger partial charge in [-0.25, -0.2) is 4.98 Å². The van der Waals surface area contributed by atoms with Gasteiger partial charge in [-0.3, -0.25) is 9.59 Å². The van der Waals surface area contributed by atoms with Gasteiger partial charge in [-0.1, -0.05) is 6.42 Å². The Labute approximate surface area is 154 Å². The lowest BCUT2D eigenvalue weighted by Gasteiger charge is -2.31. The standard InChI is InChI=1S/C19H28N4O3/c1-4-23-12-16-15(19(23)25)9-13(18(21-16)26-3)11-20-17(24)10-14-7-5-6-8-22(14)2/h9,14H,4-8,10-12H2,1-3H3,(H,20,24)/t14-/m1/s1. The zero-order valence-corrected chi connectivity index (χ0v) is 15.9. The van der Waals surface area contributed by atoms with E-state index >= 15 is 0 Å². The molecule has 1 aromatic heterocycles. The number of amides is 2. The Morgan fingerprint density at radius 3 is 2.92 bits per heavy atom. The quantitative estimate of drug-likeness (QED) is 0.833. The van der Waals surface area contributed by atoms with E-state index in [2.05, 4.69) is 22.2 Å². The summed E-state index contributed by atoms with van der Waals surface area (Å²) in [6.07, 6.45) is 3.95. The van der Waals surface area contributed by atoms with Crippen molar-refractivity contribution in [1.82, 2.24) is 20.1 Å². The molecule has 2 amide bonds. The van der Waals surface area contributed by atoms with E-state index in [1.807, 2.05) is 13.0 Å². The van der Waals surface area contributed by atoms with Crippen LogP contribution in [0, 0.1) is 0 Å². The van der Waals surface area contributed by atoms with E-state index in [1.54, 1.807) is 12.0 Å². The molecule has 0 aromatic carbocycles. The third-order valence-corrected chi connectivity index (χ3v) is 5.39. The Bertz CT molecular complexity index is 692. The first-order valence-electron chi connectivity index (χ1n) is 9.36. The number of hydrogen-bond acceptors (Lipinski definition) is 5. The van der Waals surface area contributed by atoms with Crippen LogP contribution in [0.1, 0.15) is 54.2 Å². The van der Waals surface area contributed by atoms with Crippen LogP contribution in [-0.2, 0) is 17.9 Å². The largest absolute Gasteiger partial charge is 0.481 e. The Balaban J connectivity index is 1.65. The molecule has 3 rings (SSSR count). The normalized spacial score (nSPS) is 20.2. The van der Waals surface area contributed by atoms with Gasteiger partial charge in [0.15, 0.2) is 0 Å². The molecular formula is C19H28N4O3. The second kappa shape index (κ2) is 8.03. The maximum absolute atomic E-state index is 12.4. The SMILES string of the molecule is CCN1Cc2nc(OC)c(CNC(=O)C[C@H]3CCCCN3C)cc2C1=O. The van der Waals surface area contributed by atoms with Gasteiger partial charge in [0.05, 0.1) is 24.9 Å². The van der Waals surface area contributed by atoms with E-state index in [0.29, 0.717) is 43.5 Å². The molecule has 0 aliphatic carbocycles. The van der Waals surface area contributed by atoms with Gasteiger partial charge >= 0.3 is 0 Å². The summed E-state index contributed by atoms with van der Waals surface area (Å²) >= 11 is 0. The van der Waals surface area contributed by atoms with E-state index in [0.717, 1.165) is 24.2 Å². The number of likely N-dealkylation sites (tertiary alicyclic amines) is 1. The fraction of sp³-hybridized carbons (Fsp3) is 0.632. The molecule has 1 fully saturated rings. The molecule has 26 heavy (non-hydrogen) atoms. The number of carbonyl (C=O) groups is 2. The first-order chi connectivity index (χ1) is 12.5. The van der Waals surface area contributed by atoms with Crippen LogP contribution in [0.5, 0.6) is 5.88 Å². The molecule has 142 valence electrons. The predicted molar refractivity (Wildman–Crippen MR) is 97.9 cm³/mol. The number of fused-ring (bicyclic) bond motifs is 1. The number of aromatic nitrogens is 1. The van der Waals surface area contributed by atoms with E-state index in [1.165, 1.54) is 12.8 Å². The average molecular weight is 360 g/mol. The van der Waals surface area contributed by atoms with E-state index in [4.69, 9.17) is 4.74 Å².